The average molecular weight is 346 g/mol. The number of thiazole rings is 1. The Morgan fingerprint density at radius 2 is 2.22 bits per heavy atom. The second-order valence-corrected chi connectivity index (χ2v) is 6.74. The Kier molecular flexibility index (Phi) is 4.14. The number of aromatic nitrogens is 1. The number of aliphatic imine (C=N–C) groups is 1. The third-order valence-corrected chi connectivity index (χ3v) is 5.01. The number of aliphatic carboxylic acids is 1. The van der Waals surface area contributed by atoms with E-state index in [0.717, 1.165) is 16.8 Å². The van der Waals surface area contributed by atoms with Gasteiger partial charge in [0.15, 0.2) is 3.95 Å². The minimum absolute atomic E-state index is 0.112. The number of benzene rings is 1. The van der Waals surface area contributed by atoms with E-state index in [-0.39, 0.29) is 5.88 Å². The van der Waals surface area contributed by atoms with Gasteiger partial charge in [0.1, 0.15) is 6.04 Å². The van der Waals surface area contributed by atoms with Crippen molar-refractivity contribution in [2.24, 2.45) is 4.99 Å². The van der Waals surface area contributed by atoms with Gasteiger partial charge in [-0.05, 0) is 30.8 Å². The Morgan fingerprint density at radius 1 is 1.48 bits per heavy atom. The van der Waals surface area contributed by atoms with Crippen LogP contribution < -0.4 is 0 Å². The lowest BCUT2D eigenvalue weighted by Crippen LogP contribution is -2.17. The molecule has 23 heavy (non-hydrogen) atoms. The molecule has 0 radical (unpaired) electrons. The predicted molar refractivity (Wildman–Crippen MR) is 94.2 cm³/mol. The summed E-state index contributed by atoms with van der Waals surface area (Å²) in [4.78, 5) is 16.2. The molecule has 5 nitrogen and oxygen atoms in total. The molecule has 1 aliphatic heterocycles. The Hall–Kier alpha value is -2.25. The number of carbonyl (C=O) groups is 1. The molecular weight excluding hydrogens is 332 g/mol. The standard InChI is InChI=1S/C16H14N2O3S2/c1-2-12(15(20)21)18-14(19)13(23-16(18)22)7-9-8-17-11-6-4-3-5-10(9)11/h3-8,12,19H,2H2,1H3,(H,20,21)/b9-7+/t12-/m0/s1. The van der Waals surface area contributed by atoms with E-state index in [1.54, 1.807) is 19.2 Å². The molecule has 1 aromatic carbocycles. The van der Waals surface area contributed by atoms with Crippen LogP contribution in [0.4, 0.5) is 5.69 Å². The van der Waals surface area contributed by atoms with Gasteiger partial charge in [-0.1, -0.05) is 25.1 Å². The summed E-state index contributed by atoms with van der Waals surface area (Å²) in [5, 5.41) is 19.7. The molecule has 3 rings (SSSR count). The first-order valence-corrected chi connectivity index (χ1v) is 8.27. The molecule has 118 valence electrons. The van der Waals surface area contributed by atoms with Crippen LogP contribution >= 0.6 is 23.6 Å². The summed E-state index contributed by atoms with van der Waals surface area (Å²) < 4.78 is 1.64. The molecule has 2 N–H and O–H groups in total. The lowest BCUT2D eigenvalue weighted by Gasteiger charge is -2.12. The Bertz CT molecular complexity index is 893. The van der Waals surface area contributed by atoms with Gasteiger partial charge in [-0.3, -0.25) is 9.56 Å². The van der Waals surface area contributed by atoms with Crippen molar-refractivity contribution in [2.45, 2.75) is 19.4 Å². The van der Waals surface area contributed by atoms with Crippen LogP contribution in [0.25, 0.3) is 11.6 Å². The third-order valence-electron chi connectivity index (χ3n) is 3.67. The van der Waals surface area contributed by atoms with Crippen molar-refractivity contribution in [3.63, 3.8) is 0 Å². The van der Waals surface area contributed by atoms with Crippen molar-refractivity contribution in [1.29, 1.82) is 0 Å². The smallest absolute Gasteiger partial charge is 0.326 e. The van der Waals surface area contributed by atoms with E-state index in [1.807, 2.05) is 24.3 Å². The highest BCUT2D eigenvalue weighted by Gasteiger charge is 2.24. The van der Waals surface area contributed by atoms with Crippen LogP contribution in [0.2, 0.25) is 0 Å². The van der Waals surface area contributed by atoms with E-state index in [2.05, 4.69) is 4.99 Å². The van der Waals surface area contributed by atoms with Crippen molar-refractivity contribution in [3.05, 3.63) is 38.7 Å². The van der Waals surface area contributed by atoms with E-state index >= 15 is 0 Å². The van der Waals surface area contributed by atoms with Gasteiger partial charge in [-0.2, -0.15) is 0 Å². The summed E-state index contributed by atoms with van der Waals surface area (Å²) in [5.41, 5.74) is 2.71. The van der Waals surface area contributed by atoms with Crippen LogP contribution in [0.5, 0.6) is 5.88 Å². The summed E-state index contributed by atoms with van der Waals surface area (Å²) in [7, 11) is 0. The zero-order valence-corrected chi connectivity index (χ0v) is 13.9. The van der Waals surface area contributed by atoms with E-state index in [0.29, 0.717) is 15.3 Å². The highest BCUT2D eigenvalue weighted by Crippen LogP contribution is 2.37. The maximum atomic E-state index is 11.3. The number of allylic oxidation sites excluding steroid dienone is 1. The molecular formula is C16H14N2O3S2. The third kappa shape index (κ3) is 2.73. The van der Waals surface area contributed by atoms with Crippen LogP contribution in [-0.2, 0) is 4.79 Å². The zero-order valence-electron chi connectivity index (χ0n) is 12.3. The fraction of sp³-hybridized carbons (Fsp3) is 0.188. The van der Waals surface area contributed by atoms with Crippen molar-refractivity contribution in [3.8, 4) is 5.88 Å². The van der Waals surface area contributed by atoms with E-state index in [9.17, 15) is 15.0 Å². The number of aromatic hydroxyl groups is 1. The number of para-hydroxylation sites is 1. The lowest BCUT2D eigenvalue weighted by atomic mass is 10.1. The molecule has 0 saturated carbocycles. The Balaban J connectivity index is 2.07. The van der Waals surface area contributed by atoms with Crippen LogP contribution in [-0.4, -0.2) is 27.0 Å². The summed E-state index contributed by atoms with van der Waals surface area (Å²) in [5.74, 6) is -1.12. The number of carboxylic acids is 1. The average Bonchev–Trinajstić information content (AvgIpc) is 3.05. The second kappa shape index (κ2) is 6.10. The predicted octanol–water partition coefficient (Wildman–Crippen LogP) is 4.28. The molecule has 0 fully saturated rings. The van der Waals surface area contributed by atoms with Crippen molar-refractivity contribution in [1.82, 2.24) is 4.57 Å². The minimum Gasteiger partial charge on any atom is -0.493 e. The normalized spacial score (nSPS) is 15.8. The van der Waals surface area contributed by atoms with Gasteiger partial charge in [-0.15, -0.1) is 11.3 Å². The highest BCUT2D eigenvalue weighted by atomic mass is 32.1. The lowest BCUT2D eigenvalue weighted by molar-refractivity contribution is -0.141. The molecule has 0 amide bonds. The van der Waals surface area contributed by atoms with Crippen molar-refractivity contribution >= 4 is 53.1 Å². The van der Waals surface area contributed by atoms with Gasteiger partial charge in [0.25, 0.3) is 0 Å². The number of nitrogens with zero attached hydrogens (tertiary/aromatic N) is 2. The van der Waals surface area contributed by atoms with Crippen LogP contribution in [0.1, 0.15) is 29.8 Å². The van der Waals surface area contributed by atoms with Gasteiger partial charge >= 0.3 is 5.97 Å². The molecule has 1 aliphatic rings. The number of rotatable bonds is 4. The minimum atomic E-state index is -1.01. The van der Waals surface area contributed by atoms with Gasteiger partial charge < -0.3 is 10.2 Å². The highest BCUT2D eigenvalue weighted by molar-refractivity contribution is 7.73. The molecule has 2 aromatic rings. The van der Waals surface area contributed by atoms with E-state index < -0.39 is 12.0 Å². The molecule has 7 heteroatoms. The summed E-state index contributed by atoms with van der Waals surface area (Å²) >= 11 is 6.43. The fourth-order valence-electron chi connectivity index (χ4n) is 2.53. The number of hydrogen-bond donors (Lipinski definition) is 2. The first-order valence-electron chi connectivity index (χ1n) is 7.05. The topological polar surface area (TPSA) is 74.8 Å². The van der Waals surface area contributed by atoms with Crippen LogP contribution in [0.3, 0.4) is 0 Å². The molecule has 1 aromatic heterocycles. The summed E-state index contributed by atoms with van der Waals surface area (Å²) in [6.07, 6.45) is 3.86. The quantitative estimate of drug-likeness (QED) is 0.811. The maximum Gasteiger partial charge on any atom is 0.326 e. The SMILES string of the molecule is CC[C@@H](C(=O)O)n1c(O)c(/C=C2\C=Nc3ccccc32)sc1=S. The molecule has 1 atom stereocenters. The maximum absolute atomic E-state index is 11.3. The summed E-state index contributed by atoms with van der Waals surface area (Å²) in [6, 6.07) is 6.84. The van der Waals surface area contributed by atoms with Gasteiger partial charge in [0.2, 0.25) is 5.88 Å². The Morgan fingerprint density at radius 3 is 2.91 bits per heavy atom. The first-order chi connectivity index (χ1) is 11.0. The van der Waals surface area contributed by atoms with Gasteiger partial charge in [0, 0.05) is 17.4 Å². The molecule has 0 saturated heterocycles. The molecule has 0 spiro atoms. The monoisotopic (exact) mass is 346 g/mol. The van der Waals surface area contributed by atoms with E-state index in [1.165, 1.54) is 15.9 Å². The van der Waals surface area contributed by atoms with Gasteiger partial charge in [0.05, 0.1) is 10.6 Å². The van der Waals surface area contributed by atoms with Crippen LogP contribution in [0, 0.1) is 3.95 Å². The molecule has 0 aliphatic carbocycles. The molecule has 0 unspecified atom stereocenters. The van der Waals surface area contributed by atoms with Crippen LogP contribution in [0.15, 0.2) is 29.3 Å². The second-order valence-electron chi connectivity index (χ2n) is 5.06. The molecule has 2 heterocycles. The molecule has 0 bridgehead atoms. The number of fused-ring (bicyclic) bond motifs is 1. The van der Waals surface area contributed by atoms with Crippen molar-refractivity contribution < 1.29 is 15.0 Å². The Labute approximate surface area is 141 Å². The number of hydrogen-bond acceptors (Lipinski definition) is 5. The van der Waals surface area contributed by atoms with E-state index in [4.69, 9.17) is 12.2 Å². The fourth-order valence-corrected chi connectivity index (χ4v) is 3.88. The van der Waals surface area contributed by atoms with Gasteiger partial charge in [-0.25, -0.2) is 4.79 Å². The zero-order chi connectivity index (χ0) is 16.6. The number of carboxylic acid groups (broad SMARTS) is 1. The van der Waals surface area contributed by atoms with Crippen molar-refractivity contribution in [2.75, 3.05) is 0 Å². The first kappa shape index (κ1) is 15.6. The largest absolute Gasteiger partial charge is 0.493 e. The summed E-state index contributed by atoms with van der Waals surface area (Å²) in [6.45, 7) is 1.75.